The van der Waals surface area contributed by atoms with Gasteiger partial charge in [0, 0.05) is 23.5 Å². The van der Waals surface area contributed by atoms with Crippen molar-refractivity contribution in [2.45, 2.75) is 20.4 Å². The molecule has 7 heteroatoms. The summed E-state index contributed by atoms with van der Waals surface area (Å²) in [5, 5.41) is 0. The van der Waals surface area contributed by atoms with Crippen LogP contribution in [0.25, 0.3) is 0 Å². The van der Waals surface area contributed by atoms with Crippen molar-refractivity contribution < 1.29 is 28.5 Å². The minimum Gasteiger partial charge on any atom is -0.493 e. The molecule has 0 fully saturated rings. The van der Waals surface area contributed by atoms with E-state index >= 15 is 0 Å². The Morgan fingerprint density at radius 1 is 1.04 bits per heavy atom. The van der Waals surface area contributed by atoms with Gasteiger partial charge in [0.05, 0.1) is 21.3 Å². The Labute approximate surface area is 164 Å². The van der Waals surface area contributed by atoms with Crippen molar-refractivity contribution in [3.63, 3.8) is 0 Å². The van der Waals surface area contributed by atoms with Crippen LogP contribution < -0.4 is 14.2 Å². The van der Waals surface area contributed by atoms with E-state index in [2.05, 4.69) is 6.58 Å². The van der Waals surface area contributed by atoms with Crippen LogP contribution in [0.1, 0.15) is 32.1 Å². The Hall–Kier alpha value is -3.22. The maximum Gasteiger partial charge on any atom is 0.342 e. The van der Waals surface area contributed by atoms with Gasteiger partial charge in [-0.1, -0.05) is 6.08 Å². The van der Waals surface area contributed by atoms with Crippen molar-refractivity contribution in [2.24, 2.45) is 0 Å². The monoisotopic (exact) mass is 387 g/mol. The Morgan fingerprint density at radius 2 is 1.71 bits per heavy atom. The number of allylic oxidation sites excluding steroid dienone is 1. The number of ketones is 1. The van der Waals surface area contributed by atoms with Gasteiger partial charge >= 0.3 is 5.97 Å². The molecule has 0 aliphatic heterocycles. The predicted molar refractivity (Wildman–Crippen MR) is 105 cm³/mol. The molecule has 28 heavy (non-hydrogen) atoms. The zero-order valence-electron chi connectivity index (χ0n) is 16.8. The number of hydrogen-bond donors (Lipinski definition) is 0. The fourth-order valence-electron chi connectivity index (χ4n) is 3.04. The van der Waals surface area contributed by atoms with Gasteiger partial charge in [-0.2, -0.15) is 0 Å². The van der Waals surface area contributed by atoms with Crippen molar-refractivity contribution >= 4 is 11.8 Å². The standard InChI is InChI=1S/C21H25NO6/c1-7-10-22-13(2)11-16(14(22)3)17(23)12-28-21(24)15-8-9-18(25-4)20(27-6)19(15)26-5/h7-9,11H,1,10,12H2,2-6H3. The maximum atomic E-state index is 12.6. The third-order valence-corrected chi connectivity index (χ3v) is 4.44. The predicted octanol–water partition coefficient (Wildman–Crippen LogP) is 3.36. The van der Waals surface area contributed by atoms with Crippen LogP contribution in [0.2, 0.25) is 0 Å². The Morgan fingerprint density at radius 3 is 2.29 bits per heavy atom. The molecule has 0 atom stereocenters. The average Bonchev–Trinajstić information content (AvgIpc) is 2.98. The van der Waals surface area contributed by atoms with Gasteiger partial charge < -0.3 is 23.5 Å². The number of rotatable bonds is 9. The number of hydrogen-bond acceptors (Lipinski definition) is 6. The second-order valence-electron chi connectivity index (χ2n) is 6.07. The van der Waals surface area contributed by atoms with E-state index in [1.54, 1.807) is 18.2 Å². The van der Waals surface area contributed by atoms with E-state index in [4.69, 9.17) is 18.9 Å². The Kier molecular flexibility index (Phi) is 6.87. The van der Waals surface area contributed by atoms with Crippen LogP contribution in [0.15, 0.2) is 30.9 Å². The van der Waals surface area contributed by atoms with Crippen molar-refractivity contribution in [1.82, 2.24) is 4.57 Å². The average molecular weight is 387 g/mol. The molecule has 0 aliphatic rings. The van der Waals surface area contributed by atoms with Crippen LogP contribution in [-0.2, 0) is 11.3 Å². The number of ether oxygens (including phenoxy) is 4. The summed E-state index contributed by atoms with van der Waals surface area (Å²) in [6.45, 7) is 7.71. The van der Waals surface area contributed by atoms with E-state index in [0.29, 0.717) is 17.9 Å². The third kappa shape index (κ3) is 4.03. The lowest BCUT2D eigenvalue weighted by molar-refractivity contribution is 0.0470. The molecule has 2 aromatic rings. The second-order valence-corrected chi connectivity index (χ2v) is 6.07. The number of aryl methyl sites for hydroxylation is 1. The SMILES string of the molecule is C=CCn1c(C)cc(C(=O)COC(=O)c2ccc(OC)c(OC)c2OC)c1C. The van der Waals surface area contributed by atoms with Gasteiger partial charge in [-0.05, 0) is 32.0 Å². The maximum absolute atomic E-state index is 12.6. The molecule has 1 heterocycles. The molecule has 1 aromatic heterocycles. The molecule has 0 saturated carbocycles. The first-order valence-corrected chi connectivity index (χ1v) is 8.66. The molecule has 150 valence electrons. The number of nitrogens with zero attached hydrogens (tertiary/aromatic N) is 1. The van der Waals surface area contributed by atoms with Gasteiger partial charge in [0.25, 0.3) is 0 Å². The molecule has 0 bridgehead atoms. The van der Waals surface area contributed by atoms with Gasteiger partial charge in [-0.3, -0.25) is 4.79 Å². The number of aromatic nitrogens is 1. The fraction of sp³-hybridized carbons (Fsp3) is 0.333. The number of carbonyl (C=O) groups is 2. The molecular formula is C21H25NO6. The highest BCUT2D eigenvalue weighted by Gasteiger charge is 2.23. The number of Topliss-reactive ketones (excluding diaryl/α,β-unsaturated/α-hetero) is 1. The first-order chi connectivity index (χ1) is 13.4. The topological polar surface area (TPSA) is 76.0 Å². The fourth-order valence-corrected chi connectivity index (χ4v) is 3.04. The molecule has 0 radical (unpaired) electrons. The first kappa shape index (κ1) is 21.1. The quantitative estimate of drug-likeness (QED) is 0.373. The number of methoxy groups -OCH3 is 3. The number of carbonyl (C=O) groups excluding carboxylic acids is 2. The molecular weight excluding hydrogens is 362 g/mol. The normalized spacial score (nSPS) is 10.3. The van der Waals surface area contributed by atoms with Crippen LogP contribution in [0.5, 0.6) is 17.2 Å². The molecule has 0 amide bonds. The molecule has 0 unspecified atom stereocenters. The lowest BCUT2D eigenvalue weighted by Gasteiger charge is -2.15. The smallest absolute Gasteiger partial charge is 0.342 e. The summed E-state index contributed by atoms with van der Waals surface area (Å²) in [6.07, 6.45) is 1.76. The summed E-state index contributed by atoms with van der Waals surface area (Å²) in [6, 6.07) is 4.86. The molecule has 1 aromatic carbocycles. The summed E-state index contributed by atoms with van der Waals surface area (Å²) in [4.78, 5) is 25.1. The van der Waals surface area contributed by atoms with Gasteiger partial charge in [-0.15, -0.1) is 6.58 Å². The van der Waals surface area contributed by atoms with Crippen LogP contribution in [0.3, 0.4) is 0 Å². The molecule has 0 aliphatic carbocycles. The minimum atomic E-state index is -0.689. The van der Waals surface area contributed by atoms with Gasteiger partial charge in [0.1, 0.15) is 5.56 Å². The van der Waals surface area contributed by atoms with Gasteiger partial charge in [-0.25, -0.2) is 4.79 Å². The van der Waals surface area contributed by atoms with Crippen molar-refractivity contribution in [3.05, 3.63) is 53.4 Å². The van der Waals surface area contributed by atoms with Crippen molar-refractivity contribution in [2.75, 3.05) is 27.9 Å². The Bertz CT molecular complexity index is 897. The van der Waals surface area contributed by atoms with Crippen LogP contribution in [0, 0.1) is 13.8 Å². The highest BCUT2D eigenvalue weighted by molar-refractivity contribution is 6.01. The highest BCUT2D eigenvalue weighted by atomic mass is 16.5. The Balaban J connectivity index is 2.20. The summed E-state index contributed by atoms with van der Waals surface area (Å²) < 4.78 is 22.9. The van der Waals surface area contributed by atoms with E-state index in [9.17, 15) is 9.59 Å². The molecule has 0 spiro atoms. The molecule has 0 saturated heterocycles. The highest BCUT2D eigenvalue weighted by Crippen LogP contribution is 2.39. The minimum absolute atomic E-state index is 0.144. The molecule has 7 nitrogen and oxygen atoms in total. The van der Waals surface area contributed by atoms with Crippen molar-refractivity contribution in [1.29, 1.82) is 0 Å². The van der Waals surface area contributed by atoms with Crippen LogP contribution in [0.4, 0.5) is 0 Å². The van der Waals surface area contributed by atoms with Crippen molar-refractivity contribution in [3.8, 4) is 17.2 Å². The van der Waals surface area contributed by atoms with E-state index in [0.717, 1.165) is 11.4 Å². The second kappa shape index (κ2) is 9.12. The summed E-state index contributed by atoms with van der Waals surface area (Å²) in [7, 11) is 4.34. The zero-order chi connectivity index (χ0) is 20.8. The zero-order valence-corrected chi connectivity index (χ0v) is 16.8. The third-order valence-electron chi connectivity index (χ3n) is 4.44. The van der Waals surface area contributed by atoms with Gasteiger partial charge in [0.2, 0.25) is 11.5 Å². The number of benzene rings is 1. The molecule has 0 N–H and O–H groups in total. The van der Waals surface area contributed by atoms with E-state index in [-0.39, 0.29) is 29.5 Å². The summed E-state index contributed by atoms with van der Waals surface area (Å²) in [5.41, 5.74) is 2.41. The lowest BCUT2D eigenvalue weighted by Crippen LogP contribution is -2.16. The summed E-state index contributed by atoms with van der Waals surface area (Å²) in [5.74, 6) is -0.0916. The summed E-state index contributed by atoms with van der Waals surface area (Å²) >= 11 is 0. The largest absolute Gasteiger partial charge is 0.493 e. The van der Waals surface area contributed by atoms with Crippen LogP contribution in [-0.4, -0.2) is 44.3 Å². The van der Waals surface area contributed by atoms with Crippen LogP contribution >= 0.6 is 0 Å². The lowest BCUT2D eigenvalue weighted by atomic mass is 10.1. The first-order valence-electron chi connectivity index (χ1n) is 8.66. The van der Waals surface area contributed by atoms with E-state index < -0.39 is 5.97 Å². The molecule has 2 rings (SSSR count). The number of esters is 1. The van der Waals surface area contributed by atoms with E-state index in [1.165, 1.54) is 27.4 Å². The van der Waals surface area contributed by atoms with E-state index in [1.807, 2.05) is 18.4 Å². The van der Waals surface area contributed by atoms with Gasteiger partial charge in [0.15, 0.2) is 18.1 Å².